The van der Waals surface area contributed by atoms with Gasteiger partial charge in [0, 0.05) is 17.1 Å². The summed E-state index contributed by atoms with van der Waals surface area (Å²) >= 11 is 0. The van der Waals surface area contributed by atoms with Crippen molar-refractivity contribution < 1.29 is 27.5 Å². The first-order valence-corrected chi connectivity index (χ1v) is 8.26. The van der Waals surface area contributed by atoms with Crippen molar-refractivity contribution in [2.45, 2.75) is 19.4 Å². The first-order chi connectivity index (χ1) is 9.87. The molecular weight excluding hydrogens is 322 g/mol. The van der Waals surface area contributed by atoms with Crippen LogP contribution in [0.25, 0.3) is 0 Å². The van der Waals surface area contributed by atoms with Crippen LogP contribution in [-0.2, 0) is 30.1 Å². The van der Waals surface area contributed by atoms with Gasteiger partial charge in [-0.15, -0.1) is 0 Å². The molecule has 0 aliphatic carbocycles. The summed E-state index contributed by atoms with van der Waals surface area (Å²) in [5, 5.41) is 0. The minimum atomic E-state index is -4.16. The third-order valence-corrected chi connectivity index (χ3v) is 2.85. The molecule has 0 unspecified atom stereocenters. The van der Waals surface area contributed by atoms with Gasteiger partial charge in [-0.05, 0) is 12.0 Å². The monoisotopic (exact) mass is 335 g/mol. The van der Waals surface area contributed by atoms with Crippen molar-refractivity contribution in [1.82, 2.24) is 4.72 Å². The van der Waals surface area contributed by atoms with E-state index >= 15 is 0 Å². The molecule has 1 N–H and O–H groups in total. The lowest BCUT2D eigenvalue weighted by Gasteiger charge is -2.06. The van der Waals surface area contributed by atoms with Gasteiger partial charge in [-0.2, -0.15) is 8.42 Å². The third-order valence-electron chi connectivity index (χ3n) is 2.21. The number of halogens is 1. The van der Waals surface area contributed by atoms with Gasteiger partial charge in [-0.25, -0.2) is 9.52 Å². The SMILES string of the molecule is O=C(CCCOC(=O)NS(=O)(=O)Cl)OCc1ccccc1. The van der Waals surface area contributed by atoms with Gasteiger partial charge in [0.05, 0.1) is 6.61 Å². The fourth-order valence-electron chi connectivity index (χ4n) is 1.32. The molecule has 0 bridgehead atoms. The van der Waals surface area contributed by atoms with E-state index in [-0.39, 0.29) is 26.1 Å². The standard InChI is InChI=1S/C12H14ClNO6S/c13-21(17,18)14-12(16)19-8-4-7-11(15)20-9-10-5-2-1-3-6-10/h1-3,5-6H,4,7-9H2,(H,14,16). The Balaban J connectivity index is 2.12. The number of hydrogen-bond donors (Lipinski definition) is 1. The molecule has 1 aromatic rings. The highest BCUT2D eigenvalue weighted by Gasteiger charge is 2.11. The van der Waals surface area contributed by atoms with Gasteiger partial charge in [0.15, 0.2) is 0 Å². The molecule has 0 aromatic heterocycles. The lowest BCUT2D eigenvalue weighted by molar-refractivity contribution is -0.145. The number of esters is 1. The maximum atomic E-state index is 11.4. The normalized spacial score (nSPS) is 10.7. The molecule has 0 radical (unpaired) electrons. The van der Waals surface area contributed by atoms with Crippen molar-refractivity contribution in [2.24, 2.45) is 0 Å². The lowest BCUT2D eigenvalue weighted by Crippen LogP contribution is -2.27. The molecular formula is C12H14ClNO6S. The Morgan fingerprint density at radius 1 is 1.14 bits per heavy atom. The number of hydrogen-bond acceptors (Lipinski definition) is 6. The number of nitrogens with one attached hydrogen (secondary N) is 1. The van der Waals surface area contributed by atoms with Crippen LogP contribution in [0, 0.1) is 0 Å². The van der Waals surface area contributed by atoms with E-state index in [0.29, 0.717) is 0 Å². The van der Waals surface area contributed by atoms with Crippen LogP contribution in [0.15, 0.2) is 30.3 Å². The molecule has 7 nitrogen and oxygen atoms in total. The van der Waals surface area contributed by atoms with Crippen molar-refractivity contribution in [3.63, 3.8) is 0 Å². The predicted octanol–water partition coefficient (Wildman–Crippen LogP) is 1.72. The molecule has 0 atom stereocenters. The third kappa shape index (κ3) is 8.87. The van der Waals surface area contributed by atoms with E-state index in [1.165, 1.54) is 4.72 Å². The molecule has 1 rings (SSSR count). The summed E-state index contributed by atoms with van der Waals surface area (Å²) in [6.07, 6.45) is -0.931. The summed E-state index contributed by atoms with van der Waals surface area (Å²) < 4.78 is 31.9. The van der Waals surface area contributed by atoms with Crippen molar-refractivity contribution in [1.29, 1.82) is 0 Å². The topological polar surface area (TPSA) is 98.8 Å². The first kappa shape index (κ1) is 17.3. The number of carbonyl (C=O) groups is 2. The van der Waals surface area contributed by atoms with Crippen LogP contribution in [0.4, 0.5) is 4.79 Å². The van der Waals surface area contributed by atoms with Crippen LogP contribution >= 0.6 is 10.7 Å². The van der Waals surface area contributed by atoms with Crippen LogP contribution in [0.2, 0.25) is 0 Å². The van der Waals surface area contributed by atoms with Gasteiger partial charge >= 0.3 is 21.3 Å². The smallest absolute Gasteiger partial charge is 0.421 e. The van der Waals surface area contributed by atoms with Crippen molar-refractivity contribution in [2.75, 3.05) is 6.61 Å². The average molecular weight is 336 g/mol. The Labute approximate surface area is 126 Å². The summed E-state index contributed by atoms with van der Waals surface area (Å²) in [4.78, 5) is 22.3. The summed E-state index contributed by atoms with van der Waals surface area (Å²) in [6, 6.07) is 9.18. The fraction of sp³-hybridized carbons (Fsp3) is 0.333. The van der Waals surface area contributed by atoms with E-state index in [1.54, 1.807) is 0 Å². The number of rotatable bonds is 7. The zero-order valence-corrected chi connectivity index (χ0v) is 12.5. The van der Waals surface area contributed by atoms with Crippen molar-refractivity contribution in [3.8, 4) is 0 Å². The highest BCUT2D eigenvalue weighted by Crippen LogP contribution is 2.03. The molecule has 116 valence electrons. The summed E-state index contributed by atoms with van der Waals surface area (Å²) in [6.45, 7) is 0.0458. The van der Waals surface area contributed by atoms with Gasteiger partial charge in [-0.1, -0.05) is 30.3 Å². The Morgan fingerprint density at radius 3 is 2.43 bits per heavy atom. The second-order valence-corrected chi connectivity index (χ2v) is 6.22. The molecule has 9 heteroatoms. The van der Waals surface area contributed by atoms with Crippen molar-refractivity contribution >= 4 is 32.0 Å². The van der Waals surface area contributed by atoms with Crippen LogP contribution < -0.4 is 4.72 Å². The quantitative estimate of drug-likeness (QED) is 0.463. The van der Waals surface area contributed by atoms with Crippen LogP contribution in [0.3, 0.4) is 0 Å². The molecule has 21 heavy (non-hydrogen) atoms. The Kier molecular flexibility index (Phi) is 6.97. The molecule has 0 saturated carbocycles. The lowest BCUT2D eigenvalue weighted by atomic mass is 10.2. The molecule has 1 aromatic carbocycles. The Hall–Kier alpha value is -1.80. The van der Waals surface area contributed by atoms with Gasteiger partial charge < -0.3 is 9.47 Å². The van der Waals surface area contributed by atoms with Crippen LogP contribution in [-0.4, -0.2) is 27.1 Å². The van der Waals surface area contributed by atoms with E-state index < -0.39 is 21.3 Å². The maximum Gasteiger partial charge on any atom is 0.421 e. The van der Waals surface area contributed by atoms with Gasteiger partial charge in [0.1, 0.15) is 6.61 Å². The highest BCUT2D eigenvalue weighted by molar-refractivity contribution is 8.12. The zero-order valence-electron chi connectivity index (χ0n) is 11.0. The predicted molar refractivity (Wildman–Crippen MR) is 74.7 cm³/mol. The average Bonchev–Trinajstić information content (AvgIpc) is 2.40. The molecule has 0 aliphatic heterocycles. The zero-order chi connectivity index (χ0) is 15.7. The van der Waals surface area contributed by atoms with Crippen molar-refractivity contribution in [3.05, 3.63) is 35.9 Å². The summed E-state index contributed by atoms with van der Waals surface area (Å²) in [5.41, 5.74) is 0.869. The Bertz CT molecular complexity index is 575. The molecule has 0 fully saturated rings. The number of amides is 1. The summed E-state index contributed by atoms with van der Waals surface area (Å²) in [5.74, 6) is -0.437. The Morgan fingerprint density at radius 2 is 1.81 bits per heavy atom. The first-order valence-electron chi connectivity index (χ1n) is 5.95. The fourth-order valence-corrected chi connectivity index (χ4v) is 1.77. The number of ether oxygens (including phenoxy) is 2. The van der Waals surface area contributed by atoms with E-state index in [2.05, 4.69) is 4.74 Å². The van der Waals surface area contributed by atoms with Gasteiger partial charge in [0.2, 0.25) is 0 Å². The largest absolute Gasteiger partial charge is 0.461 e. The highest BCUT2D eigenvalue weighted by atomic mass is 35.7. The van der Waals surface area contributed by atoms with E-state index in [9.17, 15) is 18.0 Å². The summed E-state index contributed by atoms with van der Waals surface area (Å²) in [7, 11) is 0.617. The maximum absolute atomic E-state index is 11.4. The minimum absolute atomic E-state index is 0.0493. The van der Waals surface area contributed by atoms with Gasteiger partial charge in [-0.3, -0.25) is 4.79 Å². The number of benzene rings is 1. The molecule has 0 aliphatic rings. The second kappa shape index (κ2) is 8.48. The van der Waals surface area contributed by atoms with E-state index in [0.717, 1.165) is 5.56 Å². The molecule has 0 heterocycles. The molecule has 0 spiro atoms. The van der Waals surface area contributed by atoms with E-state index in [1.807, 2.05) is 30.3 Å². The van der Waals surface area contributed by atoms with Crippen LogP contribution in [0.5, 0.6) is 0 Å². The second-order valence-electron chi connectivity index (χ2n) is 3.93. The van der Waals surface area contributed by atoms with E-state index in [4.69, 9.17) is 15.4 Å². The van der Waals surface area contributed by atoms with Gasteiger partial charge in [0.25, 0.3) is 0 Å². The molecule has 1 amide bonds. The number of carbonyl (C=O) groups excluding carboxylic acids is 2. The minimum Gasteiger partial charge on any atom is -0.461 e. The molecule has 0 saturated heterocycles. The van der Waals surface area contributed by atoms with Crippen LogP contribution in [0.1, 0.15) is 18.4 Å².